The predicted molar refractivity (Wildman–Crippen MR) is 59.6 cm³/mol. The summed E-state index contributed by atoms with van der Waals surface area (Å²) in [7, 11) is 0. The average Bonchev–Trinajstić information content (AvgIpc) is 2.61. The molecule has 1 fully saturated rings. The Morgan fingerprint density at radius 3 is 3.07 bits per heavy atom. The van der Waals surface area contributed by atoms with Crippen molar-refractivity contribution in [2.45, 2.75) is 51.0 Å². The summed E-state index contributed by atoms with van der Waals surface area (Å²) < 4.78 is 5.31. The van der Waals surface area contributed by atoms with Gasteiger partial charge in [0.05, 0.1) is 11.9 Å². The fourth-order valence-corrected chi connectivity index (χ4v) is 2.48. The standard InChI is InChI=1S/C13H20O2/c1-11-4-2-7-13(14,8-6-11)10-12-5-3-9-15-12/h3,5,9,11,14H,2,4,6-8,10H2,1H3. The Morgan fingerprint density at radius 2 is 2.33 bits per heavy atom. The van der Waals surface area contributed by atoms with Crippen LogP contribution in [0.25, 0.3) is 0 Å². The van der Waals surface area contributed by atoms with Gasteiger partial charge in [-0.25, -0.2) is 0 Å². The van der Waals surface area contributed by atoms with Crippen molar-refractivity contribution in [3.05, 3.63) is 24.2 Å². The van der Waals surface area contributed by atoms with E-state index in [4.69, 9.17) is 4.42 Å². The summed E-state index contributed by atoms with van der Waals surface area (Å²) in [5.74, 6) is 1.67. The van der Waals surface area contributed by atoms with Crippen LogP contribution in [0.15, 0.2) is 22.8 Å². The lowest BCUT2D eigenvalue weighted by atomic mass is 9.89. The summed E-state index contributed by atoms with van der Waals surface area (Å²) in [6, 6.07) is 3.84. The highest BCUT2D eigenvalue weighted by molar-refractivity contribution is 5.03. The van der Waals surface area contributed by atoms with Gasteiger partial charge in [-0.15, -0.1) is 0 Å². The van der Waals surface area contributed by atoms with Gasteiger partial charge in [0.2, 0.25) is 0 Å². The van der Waals surface area contributed by atoms with Crippen LogP contribution in [-0.2, 0) is 6.42 Å². The van der Waals surface area contributed by atoms with Gasteiger partial charge in [-0.3, -0.25) is 0 Å². The maximum atomic E-state index is 10.5. The van der Waals surface area contributed by atoms with Crippen LogP contribution in [0, 0.1) is 5.92 Å². The number of furan rings is 1. The van der Waals surface area contributed by atoms with Crippen LogP contribution in [0.5, 0.6) is 0 Å². The van der Waals surface area contributed by atoms with Crippen LogP contribution in [0.3, 0.4) is 0 Å². The van der Waals surface area contributed by atoms with Gasteiger partial charge in [0.25, 0.3) is 0 Å². The first-order chi connectivity index (χ1) is 7.18. The van der Waals surface area contributed by atoms with E-state index in [0.717, 1.165) is 37.4 Å². The minimum atomic E-state index is -0.525. The molecule has 0 radical (unpaired) electrons. The molecule has 1 saturated carbocycles. The molecule has 0 aromatic carbocycles. The van der Waals surface area contributed by atoms with Crippen molar-refractivity contribution in [3.63, 3.8) is 0 Å². The number of hydrogen-bond acceptors (Lipinski definition) is 2. The molecule has 1 aliphatic carbocycles. The average molecular weight is 208 g/mol. The maximum absolute atomic E-state index is 10.5. The molecule has 2 unspecified atom stereocenters. The van der Waals surface area contributed by atoms with Crippen molar-refractivity contribution in [2.75, 3.05) is 0 Å². The van der Waals surface area contributed by atoms with Crippen molar-refractivity contribution in [2.24, 2.45) is 5.92 Å². The predicted octanol–water partition coefficient (Wildman–Crippen LogP) is 3.15. The molecular formula is C13H20O2. The Kier molecular flexibility index (Phi) is 3.15. The minimum absolute atomic E-state index is 0.525. The molecule has 2 nitrogen and oxygen atoms in total. The van der Waals surface area contributed by atoms with Gasteiger partial charge >= 0.3 is 0 Å². The Morgan fingerprint density at radius 1 is 1.47 bits per heavy atom. The molecule has 1 N–H and O–H groups in total. The fraction of sp³-hybridized carbons (Fsp3) is 0.692. The Labute approximate surface area is 91.3 Å². The smallest absolute Gasteiger partial charge is 0.106 e. The lowest BCUT2D eigenvalue weighted by Crippen LogP contribution is -2.30. The zero-order valence-corrected chi connectivity index (χ0v) is 9.41. The molecule has 0 spiro atoms. The van der Waals surface area contributed by atoms with Crippen molar-refractivity contribution in [3.8, 4) is 0 Å². The maximum Gasteiger partial charge on any atom is 0.106 e. The molecule has 0 amide bonds. The second-order valence-electron chi connectivity index (χ2n) is 5.02. The third-order valence-corrected chi connectivity index (χ3v) is 3.52. The van der Waals surface area contributed by atoms with E-state index in [1.807, 2.05) is 12.1 Å². The van der Waals surface area contributed by atoms with Crippen LogP contribution in [-0.4, -0.2) is 10.7 Å². The van der Waals surface area contributed by atoms with Gasteiger partial charge in [-0.2, -0.15) is 0 Å². The molecule has 84 valence electrons. The second-order valence-corrected chi connectivity index (χ2v) is 5.02. The van der Waals surface area contributed by atoms with Crippen LogP contribution in [0.2, 0.25) is 0 Å². The first kappa shape index (κ1) is 10.7. The largest absolute Gasteiger partial charge is 0.469 e. The molecular weight excluding hydrogens is 188 g/mol. The van der Waals surface area contributed by atoms with E-state index in [1.54, 1.807) is 6.26 Å². The van der Waals surface area contributed by atoms with Gasteiger partial charge in [0, 0.05) is 6.42 Å². The van der Waals surface area contributed by atoms with Crippen molar-refractivity contribution < 1.29 is 9.52 Å². The lowest BCUT2D eigenvalue weighted by molar-refractivity contribution is 0.0198. The third kappa shape index (κ3) is 2.85. The van der Waals surface area contributed by atoms with E-state index in [1.165, 1.54) is 6.42 Å². The van der Waals surface area contributed by atoms with Gasteiger partial charge in [0.15, 0.2) is 0 Å². The van der Waals surface area contributed by atoms with Crippen molar-refractivity contribution in [1.29, 1.82) is 0 Å². The van der Waals surface area contributed by atoms with Gasteiger partial charge in [0.1, 0.15) is 5.76 Å². The summed E-state index contributed by atoms with van der Waals surface area (Å²) in [6.45, 7) is 2.28. The number of aliphatic hydroxyl groups is 1. The lowest BCUT2D eigenvalue weighted by Gasteiger charge is -2.25. The minimum Gasteiger partial charge on any atom is -0.469 e. The molecule has 2 rings (SSSR count). The highest BCUT2D eigenvalue weighted by Gasteiger charge is 2.30. The van der Waals surface area contributed by atoms with Crippen LogP contribution < -0.4 is 0 Å². The van der Waals surface area contributed by atoms with E-state index in [2.05, 4.69) is 6.92 Å². The quantitative estimate of drug-likeness (QED) is 0.757. The number of rotatable bonds is 2. The zero-order chi connectivity index (χ0) is 10.7. The normalized spacial score (nSPS) is 32.5. The SMILES string of the molecule is CC1CCCC(O)(Cc2ccco2)CC1. The molecule has 0 aliphatic heterocycles. The summed E-state index contributed by atoms with van der Waals surface area (Å²) >= 11 is 0. The highest BCUT2D eigenvalue weighted by atomic mass is 16.3. The first-order valence-electron chi connectivity index (χ1n) is 5.93. The van der Waals surface area contributed by atoms with Crippen molar-refractivity contribution in [1.82, 2.24) is 0 Å². The van der Waals surface area contributed by atoms with Gasteiger partial charge in [-0.1, -0.05) is 19.8 Å². The van der Waals surface area contributed by atoms with Crippen molar-refractivity contribution >= 4 is 0 Å². The van der Waals surface area contributed by atoms with Crippen LogP contribution >= 0.6 is 0 Å². The summed E-state index contributed by atoms with van der Waals surface area (Å²) in [5.41, 5.74) is -0.525. The van der Waals surface area contributed by atoms with E-state index in [-0.39, 0.29) is 0 Å². The van der Waals surface area contributed by atoms with E-state index in [9.17, 15) is 5.11 Å². The van der Waals surface area contributed by atoms with E-state index in [0.29, 0.717) is 6.42 Å². The Balaban J connectivity index is 1.99. The molecule has 1 aromatic heterocycles. The Hall–Kier alpha value is -0.760. The molecule has 0 bridgehead atoms. The monoisotopic (exact) mass is 208 g/mol. The zero-order valence-electron chi connectivity index (χ0n) is 9.41. The van der Waals surface area contributed by atoms with Gasteiger partial charge < -0.3 is 9.52 Å². The molecule has 15 heavy (non-hydrogen) atoms. The van der Waals surface area contributed by atoms with Crippen LogP contribution in [0.1, 0.15) is 44.8 Å². The fourth-order valence-electron chi connectivity index (χ4n) is 2.48. The van der Waals surface area contributed by atoms with Gasteiger partial charge in [-0.05, 0) is 37.3 Å². The third-order valence-electron chi connectivity index (χ3n) is 3.52. The van der Waals surface area contributed by atoms with Crippen LogP contribution in [0.4, 0.5) is 0 Å². The summed E-state index contributed by atoms with van der Waals surface area (Å²) in [4.78, 5) is 0. The number of hydrogen-bond donors (Lipinski definition) is 1. The topological polar surface area (TPSA) is 33.4 Å². The molecule has 2 atom stereocenters. The molecule has 1 aromatic rings. The Bertz CT molecular complexity index is 291. The molecule has 1 heterocycles. The van der Waals surface area contributed by atoms with E-state index < -0.39 is 5.60 Å². The summed E-state index contributed by atoms with van der Waals surface area (Å²) in [6.07, 6.45) is 7.70. The first-order valence-corrected chi connectivity index (χ1v) is 5.93. The molecule has 0 saturated heterocycles. The van der Waals surface area contributed by atoms with E-state index >= 15 is 0 Å². The summed E-state index contributed by atoms with van der Waals surface area (Å²) in [5, 5.41) is 10.5. The molecule has 1 aliphatic rings. The second kappa shape index (κ2) is 4.40. The molecule has 2 heteroatoms. The highest BCUT2D eigenvalue weighted by Crippen LogP contribution is 2.32.